The third kappa shape index (κ3) is 5.52. The van der Waals surface area contributed by atoms with Gasteiger partial charge in [-0.15, -0.1) is 0 Å². The van der Waals surface area contributed by atoms with Gasteiger partial charge in [0.15, 0.2) is 0 Å². The summed E-state index contributed by atoms with van der Waals surface area (Å²) < 4.78 is 9.70. The summed E-state index contributed by atoms with van der Waals surface area (Å²) in [6.07, 6.45) is 4.42. The van der Waals surface area contributed by atoms with Crippen LogP contribution in [0.4, 0.5) is 0 Å². The first-order chi connectivity index (χ1) is 9.67. The van der Waals surface area contributed by atoms with Crippen LogP contribution in [0.15, 0.2) is 48.1 Å². The maximum atomic E-state index is 11.8. The molecule has 1 aromatic carbocycles. The molecule has 0 amide bonds. The fraction of sp³-hybridized carbons (Fsp3) is 0.250. The minimum Gasteiger partial charge on any atom is -0.463 e. The van der Waals surface area contributed by atoms with E-state index in [1.54, 1.807) is 26.0 Å². The highest BCUT2D eigenvalue weighted by Gasteiger charge is 2.10. The molecule has 1 aromatic rings. The molecule has 4 nitrogen and oxygen atoms in total. The SMILES string of the molecule is CCOC(=O)C=C(C=Cc1ccccc1)C(=O)OCC. The van der Waals surface area contributed by atoms with Crippen LogP contribution in [-0.4, -0.2) is 25.2 Å². The number of hydrogen-bond acceptors (Lipinski definition) is 4. The number of benzene rings is 1. The van der Waals surface area contributed by atoms with Gasteiger partial charge in [-0.05, 0) is 25.5 Å². The van der Waals surface area contributed by atoms with E-state index >= 15 is 0 Å². The molecule has 0 aliphatic heterocycles. The van der Waals surface area contributed by atoms with E-state index in [0.717, 1.165) is 11.6 Å². The van der Waals surface area contributed by atoms with Gasteiger partial charge >= 0.3 is 11.9 Å². The number of hydrogen-bond donors (Lipinski definition) is 0. The van der Waals surface area contributed by atoms with Crippen LogP contribution in [-0.2, 0) is 19.1 Å². The van der Waals surface area contributed by atoms with Gasteiger partial charge in [-0.3, -0.25) is 0 Å². The lowest BCUT2D eigenvalue weighted by atomic mass is 10.1. The van der Waals surface area contributed by atoms with E-state index in [9.17, 15) is 9.59 Å². The smallest absolute Gasteiger partial charge is 0.338 e. The first-order valence-corrected chi connectivity index (χ1v) is 6.46. The van der Waals surface area contributed by atoms with Gasteiger partial charge in [0.25, 0.3) is 0 Å². The van der Waals surface area contributed by atoms with Crippen LogP contribution in [0, 0.1) is 0 Å². The monoisotopic (exact) mass is 274 g/mol. The van der Waals surface area contributed by atoms with Crippen molar-refractivity contribution in [2.24, 2.45) is 0 Å². The van der Waals surface area contributed by atoms with Gasteiger partial charge in [0, 0.05) is 6.08 Å². The molecule has 0 atom stereocenters. The highest BCUT2D eigenvalue weighted by Crippen LogP contribution is 2.07. The Morgan fingerprint density at radius 2 is 1.70 bits per heavy atom. The summed E-state index contributed by atoms with van der Waals surface area (Å²) in [5.74, 6) is -1.11. The zero-order valence-corrected chi connectivity index (χ0v) is 11.7. The van der Waals surface area contributed by atoms with Crippen molar-refractivity contribution in [1.29, 1.82) is 0 Å². The summed E-state index contributed by atoms with van der Waals surface area (Å²) in [5.41, 5.74) is 1.08. The molecule has 0 aliphatic rings. The van der Waals surface area contributed by atoms with Crippen molar-refractivity contribution < 1.29 is 19.1 Å². The lowest BCUT2D eigenvalue weighted by molar-refractivity contribution is -0.140. The van der Waals surface area contributed by atoms with Crippen molar-refractivity contribution in [1.82, 2.24) is 0 Å². The molecule has 106 valence electrons. The molecule has 0 unspecified atom stereocenters. The first kappa shape index (κ1) is 15.7. The van der Waals surface area contributed by atoms with Crippen molar-refractivity contribution in [2.75, 3.05) is 13.2 Å². The highest BCUT2D eigenvalue weighted by atomic mass is 16.5. The average molecular weight is 274 g/mol. The molecular weight excluding hydrogens is 256 g/mol. The van der Waals surface area contributed by atoms with Crippen LogP contribution in [0.1, 0.15) is 19.4 Å². The Bertz CT molecular complexity index is 500. The molecule has 0 N–H and O–H groups in total. The molecule has 20 heavy (non-hydrogen) atoms. The first-order valence-electron chi connectivity index (χ1n) is 6.46. The third-order valence-corrected chi connectivity index (χ3v) is 2.33. The van der Waals surface area contributed by atoms with Crippen LogP contribution in [0.2, 0.25) is 0 Å². The van der Waals surface area contributed by atoms with Gasteiger partial charge in [0.05, 0.1) is 18.8 Å². The Morgan fingerprint density at radius 3 is 2.30 bits per heavy atom. The molecule has 0 saturated carbocycles. The number of rotatable bonds is 6. The van der Waals surface area contributed by atoms with E-state index in [-0.39, 0.29) is 18.8 Å². The molecule has 1 rings (SSSR count). The minimum atomic E-state index is -0.562. The summed E-state index contributed by atoms with van der Waals surface area (Å²) in [7, 11) is 0. The molecular formula is C16H18O4. The predicted octanol–water partition coefficient (Wildman–Crippen LogP) is 2.75. The standard InChI is InChI=1S/C16H18O4/c1-3-19-15(17)12-14(16(18)20-4-2)11-10-13-8-6-5-7-9-13/h5-12H,3-4H2,1-2H3. The summed E-state index contributed by atoms with van der Waals surface area (Å²) in [4.78, 5) is 23.2. The average Bonchev–Trinajstić information content (AvgIpc) is 2.45. The number of esters is 2. The normalized spacial score (nSPS) is 11.4. The zero-order valence-electron chi connectivity index (χ0n) is 11.7. The number of carbonyl (C=O) groups is 2. The van der Waals surface area contributed by atoms with E-state index in [1.165, 1.54) is 0 Å². The van der Waals surface area contributed by atoms with Crippen LogP contribution < -0.4 is 0 Å². The molecule has 0 spiro atoms. The largest absolute Gasteiger partial charge is 0.463 e. The van der Waals surface area contributed by atoms with Gasteiger partial charge in [-0.2, -0.15) is 0 Å². The summed E-state index contributed by atoms with van der Waals surface area (Å²) in [6, 6.07) is 9.46. The third-order valence-electron chi connectivity index (χ3n) is 2.33. The van der Waals surface area contributed by atoms with Gasteiger partial charge in [-0.1, -0.05) is 36.4 Å². The van der Waals surface area contributed by atoms with E-state index in [2.05, 4.69) is 0 Å². The van der Waals surface area contributed by atoms with Crippen molar-refractivity contribution in [3.05, 3.63) is 53.6 Å². The molecule has 0 fully saturated rings. The summed E-state index contributed by atoms with van der Waals surface area (Å²) in [6.45, 7) is 3.92. The molecule has 0 heterocycles. The van der Waals surface area contributed by atoms with E-state index in [0.29, 0.717) is 0 Å². The topological polar surface area (TPSA) is 52.6 Å². The van der Waals surface area contributed by atoms with Crippen molar-refractivity contribution in [2.45, 2.75) is 13.8 Å². The maximum absolute atomic E-state index is 11.8. The van der Waals surface area contributed by atoms with E-state index < -0.39 is 11.9 Å². The van der Waals surface area contributed by atoms with Gasteiger partial charge in [-0.25, -0.2) is 9.59 Å². The van der Waals surface area contributed by atoms with Crippen LogP contribution in [0.3, 0.4) is 0 Å². The lowest BCUT2D eigenvalue weighted by Crippen LogP contribution is -2.09. The van der Waals surface area contributed by atoms with Gasteiger partial charge in [0.1, 0.15) is 0 Å². The Balaban J connectivity index is 2.90. The fourth-order valence-electron chi connectivity index (χ4n) is 1.45. The minimum absolute atomic E-state index is 0.161. The van der Waals surface area contributed by atoms with Crippen LogP contribution >= 0.6 is 0 Å². The Hall–Kier alpha value is -2.36. The molecule has 0 aliphatic carbocycles. The second kappa shape index (κ2) is 8.69. The summed E-state index contributed by atoms with van der Waals surface area (Å²) in [5, 5.41) is 0. The fourth-order valence-corrected chi connectivity index (χ4v) is 1.45. The van der Waals surface area contributed by atoms with Gasteiger partial charge in [0.2, 0.25) is 0 Å². The zero-order chi connectivity index (χ0) is 14.8. The van der Waals surface area contributed by atoms with Crippen LogP contribution in [0.5, 0.6) is 0 Å². The van der Waals surface area contributed by atoms with E-state index in [1.807, 2.05) is 30.3 Å². The van der Waals surface area contributed by atoms with Gasteiger partial charge < -0.3 is 9.47 Å². The molecule has 4 heteroatoms. The second-order valence-corrected chi connectivity index (χ2v) is 3.82. The second-order valence-electron chi connectivity index (χ2n) is 3.82. The Kier molecular flexibility index (Phi) is 6.82. The maximum Gasteiger partial charge on any atom is 0.338 e. The molecule has 0 bridgehead atoms. The molecule has 0 radical (unpaired) electrons. The van der Waals surface area contributed by atoms with Crippen molar-refractivity contribution in [3.63, 3.8) is 0 Å². The number of ether oxygens (including phenoxy) is 2. The summed E-state index contributed by atoms with van der Waals surface area (Å²) >= 11 is 0. The molecule has 0 aromatic heterocycles. The predicted molar refractivity (Wildman–Crippen MR) is 76.8 cm³/mol. The Labute approximate surface area is 118 Å². The van der Waals surface area contributed by atoms with Crippen molar-refractivity contribution >= 4 is 18.0 Å². The number of carbonyl (C=O) groups excluding carboxylic acids is 2. The Morgan fingerprint density at radius 1 is 1.05 bits per heavy atom. The van der Waals surface area contributed by atoms with E-state index in [4.69, 9.17) is 9.47 Å². The highest BCUT2D eigenvalue weighted by molar-refractivity contribution is 5.99. The quantitative estimate of drug-likeness (QED) is 0.455. The van der Waals surface area contributed by atoms with Crippen molar-refractivity contribution in [3.8, 4) is 0 Å². The molecule has 0 saturated heterocycles. The van der Waals surface area contributed by atoms with Crippen LogP contribution in [0.25, 0.3) is 6.08 Å². The lowest BCUT2D eigenvalue weighted by Gasteiger charge is -2.03.